The van der Waals surface area contributed by atoms with Gasteiger partial charge in [0, 0.05) is 0 Å². The Hall–Kier alpha value is 0.662. The molecule has 0 aliphatic rings. The van der Waals surface area contributed by atoms with Gasteiger partial charge in [0.2, 0.25) is 20.8 Å². The van der Waals surface area contributed by atoms with Gasteiger partial charge in [-0.1, -0.05) is 129 Å². The minimum Gasteiger partial charge on any atom is -0.726 e. The summed E-state index contributed by atoms with van der Waals surface area (Å²) in [6.07, 6.45) is 23.4. The van der Waals surface area contributed by atoms with E-state index in [1.54, 1.807) is 0 Å². The van der Waals surface area contributed by atoms with Crippen molar-refractivity contribution in [1.29, 1.82) is 0 Å². The second-order valence-electron chi connectivity index (χ2n) is 8.82. The van der Waals surface area contributed by atoms with Crippen LogP contribution in [-0.4, -0.2) is 66.5 Å². The minimum absolute atomic E-state index is 0. The predicted molar refractivity (Wildman–Crippen MR) is 141 cm³/mol. The first kappa shape index (κ1) is 40.2. The van der Waals surface area contributed by atoms with Gasteiger partial charge in [0.25, 0.3) is 0 Å². The molecule has 8 nitrogen and oxygen atoms in total. The molecule has 210 valence electrons. The van der Waals surface area contributed by atoms with Gasteiger partial charge >= 0.3 is 27.3 Å². The van der Waals surface area contributed by atoms with Crippen LogP contribution in [0.4, 0.5) is 0 Å². The Morgan fingerprint density at radius 3 is 0.829 bits per heavy atom. The van der Waals surface area contributed by atoms with Crippen molar-refractivity contribution in [2.75, 3.05) is 13.2 Å². The van der Waals surface area contributed by atoms with Gasteiger partial charge in [-0.2, -0.15) is 0 Å². The van der Waals surface area contributed by atoms with E-state index in [2.05, 4.69) is 22.2 Å². The number of rotatable bonds is 24. The minimum atomic E-state index is -4.48. The second-order valence-corrected chi connectivity index (χ2v) is 10.9. The number of hydrogen-bond donors (Lipinski definition) is 0. The standard InChI is InChI=1S/2C12H26O4S.Pb/c2*1-2-3-4-5-6-7-8-9-10-11-12-16-17(13,14)15;/h2*2-12H2,1H3,(H,13,14,15);/q;;+2/p-2. The molecule has 0 unspecified atom stereocenters. The molecule has 0 aliphatic heterocycles. The predicted octanol–water partition coefficient (Wildman–Crippen LogP) is 6.39. The van der Waals surface area contributed by atoms with Crippen LogP contribution in [-0.2, 0) is 29.2 Å². The Kier molecular flexibility index (Phi) is 33.5. The van der Waals surface area contributed by atoms with Crippen LogP contribution in [0.25, 0.3) is 0 Å². The fraction of sp³-hybridized carbons (Fsp3) is 1.00. The molecule has 35 heavy (non-hydrogen) atoms. The molecule has 0 atom stereocenters. The van der Waals surface area contributed by atoms with Crippen LogP contribution in [0, 0.1) is 0 Å². The molecule has 0 aromatic carbocycles. The average Bonchev–Trinajstić information content (AvgIpc) is 2.75. The van der Waals surface area contributed by atoms with E-state index in [1.165, 1.54) is 89.9 Å². The molecular weight excluding hydrogens is 688 g/mol. The summed E-state index contributed by atoms with van der Waals surface area (Å²) in [5.41, 5.74) is 0. The molecule has 2 radical (unpaired) electrons. The number of unbranched alkanes of at least 4 members (excludes halogenated alkanes) is 18. The van der Waals surface area contributed by atoms with Crippen molar-refractivity contribution >= 4 is 48.1 Å². The third-order valence-electron chi connectivity index (χ3n) is 5.45. The van der Waals surface area contributed by atoms with Crippen LogP contribution in [0.5, 0.6) is 0 Å². The number of hydrogen-bond acceptors (Lipinski definition) is 8. The topological polar surface area (TPSA) is 133 Å². The van der Waals surface area contributed by atoms with Crippen LogP contribution in [0.1, 0.15) is 142 Å². The fourth-order valence-electron chi connectivity index (χ4n) is 3.50. The first-order valence-electron chi connectivity index (χ1n) is 13.3. The maximum Gasteiger partial charge on any atom is 2.00 e. The summed E-state index contributed by atoms with van der Waals surface area (Å²) in [5.74, 6) is 0. The molecule has 0 spiro atoms. The van der Waals surface area contributed by atoms with E-state index in [0.717, 1.165) is 25.7 Å². The quantitative estimate of drug-likeness (QED) is 0.0482. The summed E-state index contributed by atoms with van der Waals surface area (Å²) in [7, 11) is -8.97. The van der Waals surface area contributed by atoms with Gasteiger partial charge in [0.15, 0.2) is 0 Å². The monoisotopic (exact) mass is 738 g/mol. The zero-order valence-corrected chi connectivity index (χ0v) is 27.7. The molecule has 0 aromatic heterocycles. The van der Waals surface area contributed by atoms with Gasteiger partial charge in [-0.25, -0.2) is 16.8 Å². The Morgan fingerprint density at radius 1 is 0.429 bits per heavy atom. The Morgan fingerprint density at radius 2 is 0.629 bits per heavy atom. The second kappa shape index (κ2) is 29.2. The van der Waals surface area contributed by atoms with Crippen LogP contribution in [0.2, 0.25) is 0 Å². The van der Waals surface area contributed by atoms with Crippen molar-refractivity contribution < 1.29 is 34.3 Å². The molecule has 0 aromatic rings. The van der Waals surface area contributed by atoms with Crippen molar-refractivity contribution in [3.63, 3.8) is 0 Å². The first-order chi connectivity index (χ1) is 16.1. The van der Waals surface area contributed by atoms with Crippen molar-refractivity contribution in [2.45, 2.75) is 142 Å². The van der Waals surface area contributed by atoms with Crippen LogP contribution in [0.15, 0.2) is 0 Å². The molecule has 0 aliphatic carbocycles. The van der Waals surface area contributed by atoms with Gasteiger partial charge in [-0.05, 0) is 12.8 Å². The zero-order valence-electron chi connectivity index (χ0n) is 22.1. The summed E-state index contributed by atoms with van der Waals surface area (Å²) in [5, 5.41) is 0. The van der Waals surface area contributed by atoms with Crippen molar-refractivity contribution in [1.82, 2.24) is 0 Å². The summed E-state index contributed by atoms with van der Waals surface area (Å²) < 4.78 is 68.9. The van der Waals surface area contributed by atoms with Gasteiger partial charge in [0.05, 0.1) is 13.2 Å². The SMILES string of the molecule is CCCCCCCCCCCCOS(=O)(=O)[O-].CCCCCCCCCCCCOS(=O)(=O)[O-].[Pb+2]. The van der Waals surface area contributed by atoms with Gasteiger partial charge in [-0.3, -0.25) is 8.37 Å². The molecular formula is C24H50O8PbS2. The molecule has 0 fully saturated rings. The summed E-state index contributed by atoms with van der Waals surface area (Å²) >= 11 is 0. The van der Waals surface area contributed by atoms with Crippen molar-refractivity contribution in [2.24, 2.45) is 0 Å². The molecule has 0 bridgehead atoms. The van der Waals surface area contributed by atoms with Crippen LogP contribution < -0.4 is 0 Å². The Balaban J connectivity index is -0.000000569. The third kappa shape index (κ3) is 45.0. The largest absolute Gasteiger partial charge is 2.00 e. The van der Waals surface area contributed by atoms with Gasteiger partial charge in [0.1, 0.15) is 0 Å². The molecule has 0 heterocycles. The van der Waals surface area contributed by atoms with Crippen LogP contribution in [0.3, 0.4) is 0 Å². The first-order valence-corrected chi connectivity index (χ1v) is 16.0. The fourth-order valence-corrected chi connectivity index (χ4v) is 4.14. The molecule has 0 saturated heterocycles. The van der Waals surface area contributed by atoms with Gasteiger partial charge in [-0.15, -0.1) is 0 Å². The molecule has 0 amide bonds. The molecule has 0 rings (SSSR count). The van der Waals surface area contributed by atoms with E-state index in [9.17, 15) is 25.9 Å². The summed E-state index contributed by atoms with van der Waals surface area (Å²) in [6, 6.07) is 0. The maximum atomic E-state index is 10.1. The molecule has 0 saturated carbocycles. The third-order valence-corrected chi connectivity index (χ3v) is 6.36. The van der Waals surface area contributed by atoms with E-state index in [1.807, 2.05) is 0 Å². The van der Waals surface area contributed by atoms with E-state index >= 15 is 0 Å². The normalized spacial score (nSPS) is 11.5. The van der Waals surface area contributed by atoms with E-state index < -0.39 is 20.8 Å². The zero-order chi connectivity index (χ0) is 26.0. The smallest absolute Gasteiger partial charge is 0.726 e. The summed E-state index contributed by atoms with van der Waals surface area (Å²) in [4.78, 5) is 0. The van der Waals surface area contributed by atoms with Crippen LogP contribution >= 0.6 is 0 Å². The maximum absolute atomic E-state index is 10.1. The van der Waals surface area contributed by atoms with E-state index in [-0.39, 0.29) is 40.5 Å². The van der Waals surface area contributed by atoms with E-state index in [0.29, 0.717) is 12.8 Å². The van der Waals surface area contributed by atoms with E-state index in [4.69, 9.17) is 0 Å². The molecule has 11 heteroatoms. The molecule has 0 N–H and O–H groups in total. The Bertz CT molecular complexity index is 559. The van der Waals surface area contributed by atoms with Crippen molar-refractivity contribution in [3.05, 3.63) is 0 Å². The Labute approximate surface area is 236 Å². The average molecular weight is 738 g/mol. The van der Waals surface area contributed by atoms with Crippen molar-refractivity contribution in [3.8, 4) is 0 Å². The van der Waals surface area contributed by atoms with Gasteiger partial charge < -0.3 is 9.11 Å². The summed E-state index contributed by atoms with van der Waals surface area (Å²) in [6.45, 7) is 4.49.